The second-order valence-corrected chi connectivity index (χ2v) is 4.84. The maximum Gasteiger partial charge on any atom is 0.236 e. The van der Waals surface area contributed by atoms with Gasteiger partial charge in [-0.2, -0.15) is 0 Å². The van der Waals surface area contributed by atoms with Crippen LogP contribution in [0.3, 0.4) is 0 Å². The molecule has 0 aliphatic rings. The Balaban J connectivity index is 2.59. The summed E-state index contributed by atoms with van der Waals surface area (Å²) in [6.45, 7) is 7.43. The molecule has 1 unspecified atom stereocenters. The number of rotatable bonds is 7. The van der Waals surface area contributed by atoms with Crippen LogP contribution < -0.4 is 5.32 Å². The number of amides is 1. The van der Waals surface area contributed by atoms with Crippen molar-refractivity contribution >= 4 is 5.91 Å². The minimum atomic E-state index is 0.145. The first-order valence-electron chi connectivity index (χ1n) is 7.18. The molecular formula is C16H26N2O. The highest BCUT2D eigenvalue weighted by atomic mass is 16.2. The summed E-state index contributed by atoms with van der Waals surface area (Å²) in [5, 5.41) is 3.35. The van der Waals surface area contributed by atoms with E-state index in [4.69, 9.17) is 0 Å². The van der Waals surface area contributed by atoms with E-state index in [1.807, 2.05) is 14.0 Å². The van der Waals surface area contributed by atoms with E-state index in [1.165, 1.54) is 11.1 Å². The molecule has 0 aliphatic carbocycles. The molecule has 3 heteroatoms. The molecule has 0 spiro atoms. The highest BCUT2D eigenvalue weighted by molar-refractivity contribution is 5.77. The van der Waals surface area contributed by atoms with Crippen LogP contribution in [0.15, 0.2) is 24.3 Å². The molecule has 0 saturated carbocycles. The van der Waals surface area contributed by atoms with E-state index in [1.54, 1.807) is 4.90 Å². The van der Waals surface area contributed by atoms with E-state index in [-0.39, 0.29) is 11.9 Å². The molecule has 0 aliphatic heterocycles. The van der Waals surface area contributed by atoms with Gasteiger partial charge in [-0.3, -0.25) is 4.79 Å². The minimum Gasteiger partial charge on any atom is -0.345 e. The number of nitrogens with one attached hydrogen (secondary N) is 1. The number of hydrogen-bond donors (Lipinski definition) is 1. The Bertz CT molecular complexity index is 386. The molecule has 1 N–H and O–H groups in total. The fourth-order valence-corrected chi connectivity index (χ4v) is 2.01. The van der Waals surface area contributed by atoms with Crippen molar-refractivity contribution in [3.8, 4) is 0 Å². The zero-order valence-corrected chi connectivity index (χ0v) is 12.6. The summed E-state index contributed by atoms with van der Waals surface area (Å²) in [6.07, 6.45) is 2.04. The fraction of sp³-hybridized carbons (Fsp3) is 0.562. The van der Waals surface area contributed by atoms with Crippen molar-refractivity contribution in [3.63, 3.8) is 0 Å². The van der Waals surface area contributed by atoms with Crippen LogP contribution in [-0.4, -0.2) is 30.9 Å². The highest BCUT2D eigenvalue weighted by Gasteiger charge is 2.12. The molecule has 1 amide bonds. The molecule has 1 aromatic carbocycles. The van der Waals surface area contributed by atoms with E-state index in [0.717, 1.165) is 19.4 Å². The molecular weight excluding hydrogens is 236 g/mol. The third-order valence-electron chi connectivity index (χ3n) is 3.60. The molecule has 0 saturated heterocycles. The van der Waals surface area contributed by atoms with Crippen LogP contribution in [0.5, 0.6) is 0 Å². The second-order valence-electron chi connectivity index (χ2n) is 4.84. The Morgan fingerprint density at radius 1 is 1.21 bits per heavy atom. The van der Waals surface area contributed by atoms with Gasteiger partial charge in [-0.15, -0.1) is 0 Å². The fourth-order valence-electron chi connectivity index (χ4n) is 2.01. The average Bonchev–Trinajstić information content (AvgIpc) is 2.47. The third kappa shape index (κ3) is 4.67. The van der Waals surface area contributed by atoms with Crippen molar-refractivity contribution in [3.05, 3.63) is 35.4 Å². The van der Waals surface area contributed by atoms with Crippen LogP contribution in [0.25, 0.3) is 0 Å². The number of likely N-dealkylation sites (N-methyl/N-ethyl adjacent to an activating group) is 1. The SMILES string of the molecule is CCc1ccc(C(CC)NCC(=O)N(C)CC)cc1. The number of aryl methyl sites for hydroxylation is 1. The standard InChI is InChI=1S/C16H26N2O/c1-5-13-8-10-14(11-9-13)15(6-2)17-12-16(19)18(4)7-3/h8-11,15,17H,5-7,12H2,1-4H3. The van der Waals surface area contributed by atoms with Crippen LogP contribution in [-0.2, 0) is 11.2 Å². The summed E-state index contributed by atoms with van der Waals surface area (Å²) in [5.41, 5.74) is 2.60. The van der Waals surface area contributed by atoms with Gasteiger partial charge in [0.05, 0.1) is 6.54 Å². The number of carbonyl (C=O) groups is 1. The predicted octanol–water partition coefficient (Wildman–Crippen LogP) is 2.77. The Morgan fingerprint density at radius 3 is 2.32 bits per heavy atom. The lowest BCUT2D eigenvalue weighted by Gasteiger charge is -2.20. The Hall–Kier alpha value is -1.35. The quantitative estimate of drug-likeness (QED) is 0.819. The summed E-state index contributed by atoms with van der Waals surface area (Å²) in [7, 11) is 1.83. The van der Waals surface area contributed by atoms with Gasteiger partial charge in [0.2, 0.25) is 5.91 Å². The maximum absolute atomic E-state index is 11.8. The highest BCUT2D eigenvalue weighted by Crippen LogP contribution is 2.17. The minimum absolute atomic E-state index is 0.145. The zero-order chi connectivity index (χ0) is 14.3. The molecule has 1 rings (SSSR count). The van der Waals surface area contributed by atoms with Crippen LogP contribution in [0.1, 0.15) is 44.4 Å². The molecule has 0 bridgehead atoms. The first-order chi connectivity index (χ1) is 9.12. The van der Waals surface area contributed by atoms with Gasteiger partial charge < -0.3 is 10.2 Å². The number of benzene rings is 1. The van der Waals surface area contributed by atoms with E-state index >= 15 is 0 Å². The van der Waals surface area contributed by atoms with Crippen LogP contribution >= 0.6 is 0 Å². The third-order valence-corrected chi connectivity index (χ3v) is 3.60. The molecule has 3 nitrogen and oxygen atoms in total. The van der Waals surface area contributed by atoms with E-state index < -0.39 is 0 Å². The largest absolute Gasteiger partial charge is 0.345 e. The molecule has 1 aromatic rings. The van der Waals surface area contributed by atoms with Crippen molar-refractivity contribution in [1.82, 2.24) is 10.2 Å². The average molecular weight is 262 g/mol. The molecule has 1 atom stereocenters. The smallest absolute Gasteiger partial charge is 0.236 e. The zero-order valence-electron chi connectivity index (χ0n) is 12.6. The van der Waals surface area contributed by atoms with Crippen molar-refractivity contribution < 1.29 is 4.79 Å². The molecule has 19 heavy (non-hydrogen) atoms. The van der Waals surface area contributed by atoms with E-state index in [9.17, 15) is 4.79 Å². The summed E-state index contributed by atoms with van der Waals surface area (Å²) >= 11 is 0. The van der Waals surface area contributed by atoms with Crippen LogP contribution in [0, 0.1) is 0 Å². The Morgan fingerprint density at radius 2 is 1.84 bits per heavy atom. The second kappa shape index (κ2) is 7.95. The Kier molecular flexibility index (Phi) is 6.57. The van der Waals surface area contributed by atoms with Gasteiger partial charge in [0.15, 0.2) is 0 Å². The van der Waals surface area contributed by atoms with E-state index in [0.29, 0.717) is 6.54 Å². The van der Waals surface area contributed by atoms with Crippen LogP contribution in [0.4, 0.5) is 0 Å². The predicted molar refractivity (Wildman–Crippen MR) is 80.2 cm³/mol. The molecule has 106 valence electrons. The Labute approximate surface area is 117 Å². The van der Waals surface area contributed by atoms with Gasteiger partial charge in [0.25, 0.3) is 0 Å². The summed E-state index contributed by atoms with van der Waals surface area (Å²) in [4.78, 5) is 13.5. The lowest BCUT2D eigenvalue weighted by atomic mass is 10.0. The van der Waals surface area contributed by atoms with Crippen LogP contribution in [0.2, 0.25) is 0 Å². The number of carbonyl (C=O) groups excluding carboxylic acids is 1. The van der Waals surface area contributed by atoms with Gasteiger partial charge >= 0.3 is 0 Å². The lowest BCUT2D eigenvalue weighted by molar-refractivity contribution is -0.128. The van der Waals surface area contributed by atoms with Crippen molar-refractivity contribution in [2.24, 2.45) is 0 Å². The van der Waals surface area contributed by atoms with Crippen molar-refractivity contribution in [2.45, 2.75) is 39.7 Å². The lowest BCUT2D eigenvalue weighted by Crippen LogP contribution is -2.36. The van der Waals surface area contributed by atoms with Crippen molar-refractivity contribution in [1.29, 1.82) is 0 Å². The first-order valence-corrected chi connectivity index (χ1v) is 7.18. The van der Waals surface area contributed by atoms with Gasteiger partial charge in [-0.25, -0.2) is 0 Å². The van der Waals surface area contributed by atoms with Gasteiger partial charge in [-0.05, 0) is 30.9 Å². The first kappa shape index (κ1) is 15.7. The molecule has 0 radical (unpaired) electrons. The maximum atomic E-state index is 11.8. The normalized spacial score (nSPS) is 12.2. The summed E-state index contributed by atoms with van der Waals surface area (Å²) in [5.74, 6) is 0.145. The molecule has 0 fully saturated rings. The van der Waals surface area contributed by atoms with E-state index in [2.05, 4.69) is 43.4 Å². The molecule has 0 heterocycles. The van der Waals surface area contributed by atoms with Gasteiger partial charge in [0.1, 0.15) is 0 Å². The monoisotopic (exact) mass is 262 g/mol. The summed E-state index contributed by atoms with van der Waals surface area (Å²) in [6, 6.07) is 8.90. The van der Waals surface area contributed by atoms with Gasteiger partial charge in [-0.1, -0.05) is 38.1 Å². The van der Waals surface area contributed by atoms with Gasteiger partial charge in [0, 0.05) is 19.6 Å². The number of nitrogens with zero attached hydrogens (tertiary/aromatic N) is 1. The number of hydrogen-bond acceptors (Lipinski definition) is 2. The topological polar surface area (TPSA) is 32.3 Å². The van der Waals surface area contributed by atoms with Crippen molar-refractivity contribution in [2.75, 3.05) is 20.1 Å². The summed E-state index contributed by atoms with van der Waals surface area (Å²) < 4.78 is 0. The molecule has 0 aromatic heterocycles.